The Balaban J connectivity index is 1.66. The lowest BCUT2D eigenvalue weighted by Gasteiger charge is -2.24. The lowest BCUT2D eigenvalue weighted by atomic mass is 9.82. The van der Waals surface area contributed by atoms with Gasteiger partial charge >= 0.3 is 11.9 Å². The second-order valence-electron chi connectivity index (χ2n) is 8.36. The number of para-hydroxylation sites is 2. The van der Waals surface area contributed by atoms with Gasteiger partial charge in [0.25, 0.3) is 0 Å². The van der Waals surface area contributed by atoms with Gasteiger partial charge in [-0.05, 0) is 48.5 Å². The first kappa shape index (κ1) is 25.4. The normalized spacial score (nSPS) is 11.9. The van der Waals surface area contributed by atoms with Gasteiger partial charge in [0.15, 0.2) is 11.6 Å². The number of fused-ring (bicyclic) bond motifs is 2. The highest BCUT2D eigenvalue weighted by Crippen LogP contribution is 2.41. The van der Waals surface area contributed by atoms with E-state index < -0.39 is 23.5 Å². The summed E-state index contributed by atoms with van der Waals surface area (Å²) in [4.78, 5) is 51.2. The average Bonchev–Trinajstić information content (AvgIpc) is 2.87. The highest BCUT2D eigenvalue weighted by Gasteiger charge is 2.35. The first-order chi connectivity index (χ1) is 18.2. The number of carbonyl (C=O) groups is 4. The lowest BCUT2D eigenvalue weighted by molar-refractivity contribution is 0.0687. The molecule has 0 aliphatic heterocycles. The summed E-state index contributed by atoms with van der Waals surface area (Å²) in [7, 11) is 0. The molecule has 0 unspecified atom stereocenters. The van der Waals surface area contributed by atoms with Gasteiger partial charge in [0.2, 0.25) is 0 Å². The first-order valence-corrected chi connectivity index (χ1v) is 12.7. The number of aromatic carboxylic acids is 2. The van der Waals surface area contributed by atoms with Crippen molar-refractivity contribution in [2.75, 3.05) is 10.6 Å². The molecule has 38 heavy (non-hydrogen) atoms. The second-order valence-corrected chi connectivity index (χ2v) is 10.2. The Kier molecular flexibility index (Phi) is 6.60. The van der Waals surface area contributed by atoms with Gasteiger partial charge in [0.1, 0.15) is 0 Å². The number of halogens is 2. The summed E-state index contributed by atoms with van der Waals surface area (Å²) in [5, 5.41) is 25.2. The largest absolute Gasteiger partial charge is 0.478 e. The van der Waals surface area contributed by atoms with Gasteiger partial charge in [-0.1, -0.05) is 56.1 Å². The van der Waals surface area contributed by atoms with Gasteiger partial charge in [-0.2, -0.15) is 0 Å². The quantitative estimate of drug-likeness (QED) is 0.159. The molecule has 0 saturated carbocycles. The summed E-state index contributed by atoms with van der Waals surface area (Å²) in [5.74, 6) is -3.20. The molecule has 0 heterocycles. The Morgan fingerprint density at radius 1 is 0.579 bits per heavy atom. The van der Waals surface area contributed by atoms with Crippen LogP contribution in [0.5, 0.6) is 0 Å². The molecule has 8 nitrogen and oxygen atoms in total. The number of ketones is 2. The van der Waals surface area contributed by atoms with Crippen molar-refractivity contribution in [3.05, 3.63) is 115 Å². The minimum absolute atomic E-state index is 0.00235. The minimum Gasteiger partial charge on any atom is -0.478 e. The van der Waals surface area contributed by atoms with Crippen LogP contribution in [-0.2, 0) is 0 Å². The van der Waals surface area contributed by atoms with E-state index in [4.69, 9.17) is 0 Å². The van der Waals surface area contributed by atoms with Crippen LogP contribution in [0.15, 0.2) is 81.7 Å². The number of hydrogen-bond acceptors (Lipinski definition) is 6. The highest BCUT2D eigenvalue weighted by atomic mass is 79.9. The summed E-state index contributed by atoms with van der Waals surface area (Å²) in [5.41, 5.74) is 1.47. The van der Waals surface area contributed by atoms with Gasteiger partial charge in [-0.3, -0.25) is 9.59 Å². The Labute approximate surface area is 232 Å². The number of rotatable bonds is 6. The topological polar surface area (TPSA) is 133 Å². The van der Waals surface area contributed by atoms with Crippen LogP contribution in [0.4, 0.5) is 22.7 Å². The third-order valence-corrected chi connectivity index (χ3v) is 6.92. The maximum Gasteiger partial charge on any atom is 0.337 e. The van der Waals surface area contributed by atoms with Crippen molar-refractivity contribution in [2.24, 2.45) is 0 Å². The molecule has 4 aromatic carbocycles. The molecule has 188 valence electrons. The second kappa shape index (κ2) is 9.88. The molecule has 1 aliphatic carbocycles. The maximum atomic E-state index is 13.9. The molecule has 0 amide bonds. The van der Waals surface area contributed by atoms with E-state index >= 15 is 0 Å². The molecule has 1 aliphatic rings. The molecule has 0 atom stereocenters. The van der Waals surface area contributed by atoms with Crippen LogP contribution in [0.2, 0.25) is 0 Å². The van der Waals surface area contributed by atoms with Crippen molar-refractivity contribution in [1.82, 2.24) is 0 Å². The highest BCUT2D eigenvalue weighted by molar-refractivity contribution is 9.10. The van der Waals surface area contributed by atoms with Crippen LogP contribution in [-0.4, -0.2) is 33.7 Å². The average molecular weight is 636 g/mol. The van der Waals surface area contributed by atoms with Crippen molar-refractivity contribution in [3.63, 3.8) is 0 Å². The van der Waals surface area contributed by atoms with Crippen molar-refractivity contribution in [2.45, 2.75) is 0 Å². The Morgan fingerprint density at radius 3 is 1.32 bits per heavy atom. The molecule has 0 spiro atoms. The fourth-order valence-electron chi connectivity index (χ4n) is 4.38. The van der Waals surface area contributed by atoms with Crippen LogP contribution in [0, 0.1) is 0 Å². The van der Waals surface area contributed by atoms with E-state index in [9.17, 15) is 29.4 Å². The zero-order valence-electron chi connectivity index (χ0n) is 19.2. The Hall–Kier alpha value is -4.28. The number of carboxylic acid groups (broad SMARTS) is 2. The predicted molar refractivity (Wildman–Crippen MR) is 149 cm³/mol. The summed E-state index contributed by atoms with van der Waals surface area (Å²) < 4.78 is 0.998. The van der Waals surface area contributed by atoms with E-state index in [2.05, 4.69) is 42.5 Å². The number of benzene rings is 4. The molecule has 0 saturated heterocycles. The summed E-state index contributed by atoms with van der Waals surface area (Å²) in [6.07, 6.45) is 0. The van der Waals surface area contributed by atoms with E-state index in [0.717, 1.165) is 0 Å². The zero-order chi connectivity index (χ0) is 27.1. The third kappa shape index (κ3) is 4.48. The Bertz CT molecular complexity index is 1570. The van der Waals surface area contributed by atoms with Crippen molar-refractivity contribution in [3.8, 4) is 0 Å². The SMILES string of the molecule is O=C(O)c1ccccc1Nc1cc(Br)cc2c1C(=O)c1cc(Br)cc(Nc3ccccc3C(=O)O)c1C2=O. The van der Waals surface area contributed by atoms with Crippen LogP contribution in [0.25, 0.3) is 0 Å². The standard InChI is InChI=1S/C28H16Br2N2O6/c29-13-9-17-23(21(11-13)31-19-7-3-1-5-15(19)27(35)36)25(33)18-10-14(30)12-22(24(18)26(17)34)32-20-8-4-2-6-16(20)28(37)38/h1-12,31-32H,(H,35,36)(H,37,38). The summed E-state index contributed by atoms with van der Waals surface area (Å²) >= 11 is 6.78. The summed E-state index contributed by atoms with van der Waals surface area (Å²) in [6, 6.07) is 18.8. The minimum atomic E-state index is -1.15. The molecule has 0 fully saturated rings. The van der Waals surface area contributed by atoms with Gasteiger partial charge < -0.3 is 20.8 Å². The van der Waals surface area contributed by atoms with Gasteiger partial charge in [0, 0.05) is 20.1 Å². The molecular weight excluding hydrogens is 620 g/mol. The number of anilines is 4. The molecule has 5 rings (SSSR count). The molecule has 10 heteroatoms. The van der Waals surface area contributed by atoms with Crippen molar-refractivity contribution >= 4 is 78.1 Å². The van der Waals surface area contributed by atoms with Crippen LogP contribution >= 0.6 is 31.9 Å². The Morgan fingerprint density at radius 2 is 0.947 bits per heavy atom. The summed E-state index contributed by atoms with van der Waals surface area (Å²) in [6.45, 7) is 0. The van der Waals surface area contributed by atoms with Crippen LogP contribution in [0.3, 0.4) is 0 Å². The fraction of sp³-hybridized carbons (Fsp3) is 0. The maximum absolute atomic E-state index is 13.9. The first-order valence-electron chi connectivity index (χ1n) is 11.1. The molecule has 0 radical (unpaired) electrons. The smallest absolute Gasteiger partial charge is 0.337 e. The van der Waals surface area contributed by atoms with Gasteiger partial charge in [-0.25, -0.2) is 9.59 Å². The van der Waals surface area contributed by atoms with E-state index in [-0.39, 0.29) is 56.1 Å². The van der Waals surface area contributed by atoms with E-state index in [1.807, 2.05) is 0 Å². The van der Waals surface area contributed by atoms with E-state index in [1.165, 1.54) is 24.3 Å². The molecular formula is C28H16Br2N2O6. The van der Waals surface area contributed by atoms with Crippen LogP contribution < -0.4 is 10.6 Å². The molecule has 4 aromatic rings. The van der Waals surface area contributed by atoms with Gasteiger partial charge in [-0.15, -0.1) is 0 Å². The van der Waals surface area contributed by atoms with Crippen molar-refractivity contribution in [1.29, 1.82) is 0 Å². The monoisotopic (exact) mass is 634 g/mol. The molecule has 4 N–H and O–H groups in total. The third-order valence-electron chi connectivity index (χ3n) is 6.00. The fourth-order valence-corrected chi connectivity index (χ4v) is 5.29. The van der Waals surface area contributed by atoms with E-state index in [0.29, 0.717) is 8.95 Å². The van der Waals surface area contributed by atoms with Crippen molar-refractivity contribution < 1.29 is 29.4 Å². The van der Waals surface area contributed by atoms with Crippen LogP contribution in [0.1, 0.15) is 52.6 Å². The number of carbonyl (C=O) groups excluding carboxylic acids is 2. The van der Waals surface area contributed by atoms with E-state index in [1.54, 1.807) is 48.5 Å². The predicted octanol–water partition coefficient (Wildman–Crippen LogP) is 6.87. The lowest BCUT2D eigenvalue weighted by Crippen LogP contribution is -2.24. The molecule has 0 bridgehead atoms. The number of hydrogen-bond donors (Lipinski definition) is 4. The number of nitrogens with one attached hydrogen (secondary N) is 2. The zero-order valence-corrected chi connectivity index (χ0v) is 22.4. The van der Waals surface area contributed by atoms with Gasteiger partial charge in [0.05, 0.1) is 45.0 Å². The molecule has 0 aromatic heterocycles. The number of carboxylic acids is 2.